The van der Waals surface area contributed by atoms with Gasteiger partial charge in [0.2, 0.25) is 5.91 Å². The summed E-state index contributed by atoms with van der Waals surface area (Å²) < 4.78 is 19.1. The van der Waals surface area contributed by atoms with Gasteiger partial charge < -0.3 is 15.4 Å². The second kappa shape index (κ2) is 7.43. The van der Waals surface area contributed by atoms with Gasteiger partial charge in [0.1, 0.15) is 5.82 Å². The summed E-state index contributed by atoms with van der Waals surface area (Å²) in [5.41, 5.74) is 5.83. The van der Waals surface area contributed by atoms with Crippen LogP contribution >= 0.6 is 0 Å². The minimum Gasteiger partial charge on any atom is -0.452 e. The molecule has 1 aromatic rings. The number of piperidine rings is 1. The maximum absolute atomic E-state index is 13.8. The Hall–Kier alpha value is -2.44. The SMILES string of the molecule is C[C@H](OC(=O)[C@@H]1C[C@H]1c1ccccc1F)C(=O)N1CCC[C@H](C(N)=O)C1. The fourth-order valence-electron chi connectivity index (χ4n) is 3.55. The van der Waals surface area contributed by atoms with Gasteiger partial charge in [0.05, 0.1) is 11.8 Å². The number of nitrogens with zero attached hydrogens (tertiary/aromatic N) is 1. The van der Waals surface area contributed by atoms with Crippen molar-refractivity contribution in [3.8, 4) is 0 Å². The van der Waals surface area contributed by atoms with E-state index >= 15 is 0 Å². The van der Waals surface area contributed by atoms with E-state index in [2.05, 4.69) is 0 Å². The van der Waals surface area contributed by atoms with Crippen molar-refractivity contribution in [1.82, 2.24) is 4.90 Å². The largest absolute Gasteiger partial charge is 0.452 e. The average Bonchev–Trinajstić information content (AvgIpc) is 3.42. The Kier molecular flexibility index (Phi) is 5.25. The van der Waals surface area contributed by atoms with Crippen LogP contribution in [0.3, 0.4) is 0 Å². The van der Waals surface area contributed by atoms with Crippen LogP contribution in [0.1, 0.15) is 37.7 Å². The Morgan fingerprint density at radius 1 is 1.31 bits per heavy atom. The molecule has 2 N–H and O–H groups in total. The van der Waals surface area contributed by atoms with Crippen molar-refractivity contribution in [2.24, 2.45) is 17.6 Å². The lowest BCUT2D eigenvalue weighted by Crippen LogP contribution is -2.48. The summed E-state index contributed by atoms with van der Waals surface area (Å²) in [6, 6.07) is 6.37. The van der Waals surface area contributed by atoms with E-state index in [4.69, 9.17) is 10.5 Å². The molecule has 2 fully saturated rings. The lowest BCUT2D eigenvalue weighted by atomic mass is 9.97. The van der Waals surface area contributed by atoms with Gasteiger partial charge in [-0.15, -0.1) is 0 Å². The van der Waals surface area contributed by atoms with E-state index in [0.29, 0.717) is 31.4 Å². The second-order valence-electron chi connectivity index (χ2n) is 7.08. The highest BCUT2D eigenvalue weighted by atomic mass is 19.1. The third-order valence-electron chi connectivity index (χ3n) is 5.17. The Balaban J connectivity index is 1.54. The number of nitrogens with two attached hydrogens (primary N) is 1. The lowest BCUT2D eigenvalue weighted by Gasteiger charge is -2.32. The van der Waals surface area contributed by atoms with E-state index in [1.54, 1.807) is 18.2 Å². The summed E-state index contributed by atoms with van der Waals surface area (Å²) in [5, 5.41) is 0. The van der Waals surface area contributed by atoms with Crippen molar-refractivity contribution in [2.45, 2.75) is 38.2 Å². The van der Waals surface area contributed by atoms with E-state index in [-0.39, 0.29) is 30.1 Å². The highest BCUT2D eigenvalue weighted by Gasteiger charge is 2.47. The van der Waals surface area contributed by atoms with Gasteiger partial charge >= 0.3 is 5.97 Å². The van der Waals surface area contributed by atoms with Crippen molar-refractivity contribution in [1.29, 1.82) is 0 Å². The molecule has 26 heavy (non-hydrogen) atoms. The van der Waals surface area contributed by atoms with Crippen LogP contribution < -0.4 is 5.73 Å². The Labute approximate surface area is 151 Å². The number of carbonyl (C=O) groups excluding carboxylic acids is 3. The first-order valence-corrected chi connectivity index (χ1v) is 8.91. The molecule has 0 bridgehead atoms. The predicted molar refractivity (Wildman–Crippen MR) is 91.3 cm³/mol. The number of hydrogen-bond acceptors (Lipinski definition) is 4. The number of likely N-dealkylation sites (tertiary alicyclic amines) is 1. The standard InChI is InChI=1S/C19H23FN2O4/c1-11(18(24)22-8-4-5-12(10-22)17(21)23)26-19(25)15-9-14(15)13-6-2-3-7-16(13)20/h2-3,6-7,11-12,14-15H,4-5,8-10H2,1H3,(H2,21,23)/t11-,12-,14-,15+/m0/s1. The Morgan fingerprint density at radius 2 is 2.04 bits per heavy atom. The smallest absolute Gasteiger partial charge is 0.310 e. The number of benzene rings is 1. The van der Waals surface area contributed by atoms with Crippen molar-refractivity contribution in [3.05, 3.63) is 35.6 Å². The highest BCUT2D eigenvalue weighted by molar-refractivity contribution is 5.86. The average molecular weight is 362 g/mol. The van der Waals surface area contributed by atoms with E-state index in [1.807, 2.05) is 0 Å². The van der Waals surface area contributed by atoms with Gasteiger partial charge in [0.15, 0.2) is 6.10 Å². The van der Waals surface area contributed by atoms with E-state index in [0.717, 1.165) is 0 Å². The summed E-state index contributed by atoms with van der Waals surface area (Å²) in [5.74, 6) is -2.53. The Morgan fingerprint density at radius 3 is 2.73 bits per heavy atom. The first-order valence-electron chi connectivity index (χ1n) is 8.91. The number of esters is 1. The molecule has 4 atom stereocenters. The van der Waals surface area contributed by atoms with Crippen LogP contribution in [-0.2, 0) is 19.1 Å². The molecular formula is C19H23FN2O4. The second-order valence-corrected chi connectivity index (χ2v) is 7.08. The van der Waals surface area contributed by atoms with Crippen LogP contribution in [0.15, 0.2) is 24.3 Å². The van der Waals surface area contributed by atoms with Gasteiger partial charge in [-0.1, -0.05) is 18.2 Å². The van der Waals surface area contributed by atoms with Crippen molar-refractivity contribution < 1.29 is 23.5 Å². The summed E-state index contributed by atoms with van der Waals surface area (Å²) in [4.78, 5) is 37.6. The molecule has 2 amide bonds. The number of rotatable bonds is 5. The van der Waals surface area contributed by atoms with E-state index < -0.39 is 23.9 Å². The molecule has 1 aliphatic heterocycles. The molecule has 0 spiro atoms. The van der Waals surface area contributed by atoms with Gasteiger partial charge in [-0.25, -0.2) is 4.39 Å². The maximum Gasteiger partial charge on any atom is 0.310 e. The molecule has 1 saturated carbocycles. The van der Waals surface area contributed by atoms with Crippen LogP contribution in [0.5, 0.6) is 0 Å². The number of primary amides is 1. The first-order chi connectivity index (χ1) is 12.4. The third kappa shape index (κ3) is 3.86. The van der Waals surface area contributed by atoms with Crippen LogP contribution in [0.25, 0.3) is 0 Å². The van der Waals surface area contributed by atoms with Gasteiger partial charge in [-0.3, -0.25) is 14.4 Å². The summed E-state index contributed by atoms with van der Waals surface area (Å²) >= 11 is 0. The number of carbonyl (C=O) groups is 3. The lowest BCUT2D eigenvalue weighted by molar-refractivity contribution is -0.161. The normalized spacial score (nSPS) is 26.1. The topological polar surface area (TPSA) is 89.7 Å². The zero-order valence-electron chi connectivity index (χ0n) is 14.7. The molecule has 1 saturated heterocycles. The van der Waals surface area contributed by atoms with Gasteiger partial charge in [-0.05, 0) is 37.8 Å². The quantitative estimate of drug-likeness (QED) is 0.806. The van der Waals surface area contributed by atoms with Crippen LogP contribution in [0.4, 0.5) is 4.39 Å². The fourth-order valence-corrected chi connectivity index (χ4v) is 3.55. The fraction of sp³-hybridized carbons (Fsp3) is 0.526. The molecule has 6 nitrogen and oxygen atoms in total. The maximum atomic E-state index is 13.8. The monoisotopic (exact) mass is 362 g/mol. The zero-order valence-corrected chi connectivity index (χ0v) is 14.7. The van der Waals surface area contributed by atoms with Gasteiger partial charge in [-0.2, -0.15) is 0 Å². The minimum absolute atomic E-state index is 0.194. The van der Waals surface area contributed by atoms with Crippen LogP contribution in [0.2, 0.25) is 0 Å². The van der Waals surface area contributed by atoms with Crippen molar-refractivity contribution in [3.63, 3.8) is 0 Å². The summed E-state index contributed by atoms with van der Waals surface area (Å²) in [6.45, 7) is 2.30. The third-order valence-corrected chi connectivity index (χ3v) is 5.17. The zero-order chi connectivity index (χ0) is 18.8. The molecule has 0 unspecified atom stereocenters. The molecule has 3 rings (SSSR count). The molecule has 1 aliphatic carbocycles. The Bertz CT molecular complexity index is 723. The van der Waals surface area contributed by atoms with Crippen LogP contribution in [0, 0.1) is 17.7 Å². The molecule has 140 valence electrons. The molecule has 1 heterocycles. The molecule has 0 radical (unpaired) electrons. The molecular weight excluding hydrogens is 339 g/mol. The van der Waals surface area contributed by atoms with Crippen LogP contribution in [-0.4, -0.2) is 41.9 Å². The number of amides is 2. The minimum atomic E-state index is -0.934. The van der Waals surface area contributed by atoms with Gasteiger partial charge in [0, 0.05) is 19.0 Å². The first kappa shape index (κ1) is 18.4. The molecule has 0 aromatic heterocycles. The highest BCUT2D eigenvalue weighted by Crippen LogP contribution is 2.49. The van der Waals surface area contributed by atoms with Gasteiger partial charge in [0.25, 0.3) is 5.91 Å². The number of hydrogen-bond donors (Lipinski definition) is 1. The van der Waals surface area contributed by atoms with E-state index in [9.17, 15) is 18.8 Å². The van der Waals surface area contributed by atoms with Crippen molar-refractivity contribution in [2.75, 3.05) is 13.1 Å². The predicted octanol–water partition coefficient (Wildman–Crippen LogP) is 1.58. The van der Waals surface area contributed by atoms with E-state index in [1.165, 1.54) is 17.9 Å². The molecule has 2 aliphatic rings. The summed E-state index contributed by atoms with van der Waals surface area (Å²) in [6.07, 6.45) is 0.947. The van der Waals surface area contributed by atoms with Crippen molar-refractivity contribution >= 4 is 17.8 Å². The molecule has 1 aromatic carbocycles. The summed E-state index contributed by atoms with van der Waals surface area (Å²) in [7, 11) is 0. The molecule has 7 heteroatoms. The number of ether oxygens (including phenoxy) is 1. The number of halogens is 1.